The van der Waals surface area contributed by atoms with Gasteiger partial charge in [0.1, 0.15) is 5.78 Å². The van der Waals surface area contributed by atoms with E-state index in [1.807, 2.05) is 24.3 Å². The van der Waals surface area contributed by atoms with Crippen molar-refractivity contribution in [3.8, 4) is 11.5 Å². The maximum Gasteiger partial charge on any atom is 0.244 e. The highest BCUT2D eigenvalue weighted by atomic mass is 32.2. The molecule has 0 spiro atoms. The lowest BCUT2D eigenvalue weighted by atomic mass is 10.00. The van der Waals surface area contributed by atoms with Gasteiger partial charge in [-0.25, -0.2) is 5.43 Å². The first-order valence-electron chi connectivity index (χ1n) is 11.9. The van der Waals surface area contributed by atoms with Gasteiger partial charge in [0.15, 0.2) is 11.5 Å². The van der Waals surface area contributed by atoms with Crippen LogP contribution in [0.1, 0.15) is 31.2 Å². The fraction of sp³-hybridized carbons (Fsp3) is 0.385. The number of hydrogen-bond donors (Lipinski definition) is 3. The smallest absolute Gasteiger partial charge is 0.244 e. The molecule has 2 unspecified atom stereocenters. The van der Waals surface area contributed by atoms with Gasteiger partial charge in [-0.1, -0.05) is 0 Å². The molecule has 2 aromatic carbocycles. The maximum absolute atomic E-state index is 12.6. The number of phenolic OH excluding ortho intramolecular Hbond substituents is 1. The first kappa shape index (κ1) is 25.6. The Hall–Kier alpha value is -3.53. The van der Waals surface area contributed by atoms with Crippen molar-refractivity contribution in [2.45, 2.75) is 30.9 Å². The maximum atomic E-state index is 12.6. The van der Waals surface area contributed by atoms with E-state index in [0.717, 1.165) is 18.8 Å². The number of nitrogens with zero attached hydrogens (tertiary/aromatic N) is 2. The van der Waals surface area contributed by atoms with Crippen LogP contribution < -0.4 is 20.4 Å². The summed E-state index contributed by atoms with van der Waals surface area (Å²) in [6.45, 7) is 2.12. The van der Waals surface area contributed by atoms with Crippen LogP contribution in [0.25, 0.3) is 0 Å². The third-order valence-electron chi connectivity index (χ3n) is 6.26. The summed E-state index contributed by atoms with van der Waals surface area (Å²) in [5.74, 6) is -0.443. The van der Waals surface area contributed by atoms with Gasteiger partial charge in [0, 0.05) is 43.1 Å². The summed E-state index contributed by atoms with van der Waals surface area (Å²) in [4.78, 5) is 39.9. The minimum absolute atomic E-state index is 0.00934. The Morgan fingerprint density at radius 2 is 1.94 bits per heavy atom. The number of carbonyl (C=O) groups is 3. The fourth-order valence-corrected chi connectivity index (χ4v) is 5.53. The van der Waals surface area contributed by atoms with Gasteiger partial charge < -0.3 is 20.1 Å². The highest BCUT2D eigenvalue weighted by Crippen LogP contribution is 2.30. The fourth-order valence-electron chi connectivity index (χ4n) is 4.25. The molecule has 2 atom stereocenters. The number of anilines is 2. The van der Waals surface area contributed by atoms with Crippen molar-refractivity contribution in [2.75, 3.05) is 36.2 Å². The molecule has 2 aliphatic rings. The van der Waals surface area contributed by atoms with Crippen molar-refractivity contribution in [1.29, 1.82) is 0 Å². The zero-order valence-corrected chi connectivity index (χ0v) is 20.9. The molecule has 2 saturated heterocycles. The third kappa shape index (κ3) is 6.57. The van der Waals surface area contributed by atoms with Crippen molar-refractivity contribution in [2.24, 2.45) is 11.0 Å². The van der Waals surface area contributed by atoms with Gasteiger partial charge in [0.2, 0.25) is 11.8 Å². The molecule has 2 aliphatic heterocycles. The summed E-state index contributed by atoms with van der Waals surface area (Å²) in [7, 11) is 1.44. The zero-order valence-electron chi connectivity index (χ0n) is 20.1. The van der Waals surface area contributed by atoms with E-state index in [-0.39, 0.29) is 36.2 Å². The molecule has 10 heteroatoms. The van der Waals surface area contributed by atoms with Crippen LogP contribution in [0.3, 0.4) is 0 Å². The van der Waals surface area contributed by atoms with Crippen LogP contribution in [-0.4, -0.2) is 60.1 Å². The minimum Gasteiger partial charge on any atom is -0.504 e. The number of benzene rings is 2. The molecule has 9 nitrogen and oxygen atoms in total. The average molecular weight is 511 g/mol. The highest BCUT2D eigenvalue weighted by Gasteiger charge is 2.34. The Labute approximate surface area is 214 Å². The van der Waals surface area contributed by atoms with Crippen LogP contribution in [0.5, 0.6) is 11.5 Å². The van der Waals surface area contributed by atoms with Crippen molar-refractivity contribution in [3.63, 3.8) is 0 Å². The van der Waals surface area contributed by atoms with Crippen LogP contribution >= 0.6 is 11.8 Å². The number of ether oxygens (including phenoxy) is 1. The third-order valence-corrected chi connectivity index (χ3v) is 7.69. The zero-order chi connectivity index (χ0) is 25.5. The lowest BCUT2D eigenvalue weighted by Gasteiger charge is -2.25. The molecule has 0 radical (unpaired) electrons. The number of amides is 2. The molecule has 0 saturated carbocycles. The quantitative estimate of drug-likeness (QED) is 0.369. The lowest BCUT2D eigenvalue weighted by molar-refractivity contribution is -0.129. The molecule has 2 amide bonds. The van der Waals surface area contributed by atoms with Crippen LogP contribution in [0.15, 0.2) is 47.6 Å². The number of ketones is 1. The second-order valence-corrected chi connectivity index (χ2v) is 10.1. The predicted octanol–water partition coefficient (Wildman–Crippen LogP) is 3.17. The highest BCUT2D eigenvalue weighted by molar-refractivity contribution is 8.00. The predicted molar refractivity (Wildman–Crippen MR) is 141 cm³/mol. The van der Waals surface area contributed by atoms with Crippen molar-refractivity contribution < 1.29 is 24.2 Å². The summed E-state index contributed by atoms with van der Waals surface area (Å²) in [5, 5.41) is 16.0. The van der Waals surface area contributed by atoms with Gasteiger partial charge in [-0.2, -0.15) is 5.10 Å². The van der Waals surface area contributed by atoms with E-state index in [1.54, 1.807) is 12.1 Å². The molecular weight excluding hydrogens is 480 g/mol. The number of methoxy groups -OCH3 is 1. The number of hydrazone groups is 1. The second kappa shape index (κ2) is 11.9. The number of Topliss-reactive ketones (excluding diaryl/α,β-unsaturated/α-hetero) is 1. The first-order valence-corrected chi connectivity index (χ1v) is 13.0. The Morgan fingerprint density at radius 3 is 2.64 bits per heavy atom. The number of thioether (sulfide) groups is 1. The number of phenols is 1. The van der Waals surface area contributed by atoms with E-state index in [4.69, 9.17) is 4.74 Å². The largest absolute Gasteiger partial charge is 0.504 e. The topological polar surface area (TPSA) is 120 Å². The number of nitrogens with one attached hydrogen (secondary N) is 2. The molecule has 0 aromatic heterocycles. The Balaban J connectivity index is 1.22. The second-order valence-electron chi connectivity index (χ2n) is 8.85. The minimum atomic E-state index is -0.508. The number of hydrogen-bond acceptors (Lipinski definition) is 8. The van der Waals surface area contributed by atoms with Crippen LogP contribution in [-0.2, 0) is 14.4 Å². The van der Waals surface area contributed by atoms with Gasteiger partial charge in [-0.05, 0) is 60.9 Å². The summed E-state index contributed by atoms with van der Waals surface area (Å²) < 4.78 is 5.04. The monoisotopic (exact) mass is 510 g/mol. The molecule has 36 heavy (non-hydrogen) atoms. The van der Waals surface area contributed by atoms with Gasteiger partial charge >= 0.3 is 0 Å². The SMILES string of the molecule is COc1cc(/C=N/NC(=O)C2CSC(CC(=O)Nc3ccc(N4CCCC4)cc3)C(=O)C2)ccc1O. The first-order chi connectivity index (χ1) is 17.4. The van der Waals surface area contributed by atoms with E-state index >= 15 is 0 Å². The molecule has 2 fully saturated rings. The summed E-state index contributed by atoms with van der Waals surface area (Å²) in [6.07, 6.45) is 3.99. The van der Waals surface area contributed by atoms with E-state index in [1.165, 1.54) is 44.0 Å². The van der Waals surface area contributed by atoms with Gasteiger partial charge in [0.05, 0.1) is 24.5 Å². The molecular formula is C26H30N4O5S. The molecule has 3 N–H and O–H groups in total. The van der Waals surface area contributed by atoms with E-state index in [9.17, 15) is 19.5 Å². The van der Waals surface area contributed by atoms with Crippen LogP contribution in [0.4, 0.5) is 11.4 Å². The molecule has 0 bridgehead atoms. The van der Waals surface area contributed by atoms with Crippen molar-refractivity contribution in [3.05, 3.63) is 48.0 Å². The number of rotatable bonds is 8. The molecule has 190 valence electrons. The number of aromatic hydroxyl groups is 1. The number of carbonyl (C=O) groups excluding carboxylic acids is 3. The molecule has 4 rings (SSSR count). The van der Waals surface area contributed by atoms with Crippen LogP contribution in [0, 0.1) is 5.92 Å². The normalized spacial score (nSPS) is 19.9. The van der Waals surface area contributed by atoms with Gasteiger partial charge in [0.25, 0.3) is 0 Å². The summed E-state index contributed by atoms with van der Waals surface area (Å²) >= 11 is 1.33. The van der Waals surface area contributed by atoms with Crippen molar-refractivity contribution >= 4 is 46.9 Å². The van der Waals surface area contributed by atoms with Crippen molar-refractivity contribution in [1.82, 2.24) is 5.43 Å². The molecule has 2 heterocycles. The van der Waals surface area contributed by atoms with Crippen LogP contribution in [0.2, 0.25) is 0 Å². The Kier molecular flexibility index (Phi) is 8.48. The standard InChI is InChI=1S/C26H30N4O5S/c1-35-23-12-17(4-9-21(23)31)15-27-29-26(34)18-13-22(32)24(36-16-18)14-25(33)28-19-5-7-20(8-6-19)30-10-2-3-11-30/h4-9,12,15,18,24,31H,2-3,10-11,13-14,16H2,1H3,(H,28,33)(H,29,34)/b27-15+. The average Bonchev–Trinajstić information content (AvgIpc) is 3.41. The van der Waals surface area contributed by atoms with Gasteiger partial charge in [-0.15, -0.1) is 11.8 Å². The summed E-state index contributed by atoms with van der Waals surface area (Å²) in [5.41, 5.74) is 4.96. The lowest BCUT2D eigenvalue weighted by Crippen LogP contribution is -2.38. The van der Waals surface area contributed by atoms with E-state index in [0.29, 0.717) is 22.8 Å². The molecule has 0 aliphatic carbocycles. The van der Waals surface area contributed by atoms with E-state index in [2.05, 4.69) is 20.7 Å². The summed E-state index contributed by atoms with van der Waals surface area (Å²) in [6, 6.07) is 12.5. The van der Waals surface area contributed by atoms with E-state index < -0.39 is 11.2 Å². The Morgan fingerprint density at radius 1 is 1.19 bits per heavy atom. The molecule has 2 aromatic rings. The Bertz CT molecular complexity index is 1130. The van der Waals surface area contributed by atoms with Gasteiger partial charge in [-0.3, -0.25) is 14.4 Å².